The van der Waals surface area contributed by atoms with Gasteiger partial charge in [-0.2, -0.15) is 0 Å². The summed E-state index contributed by atoms with van der Waals surface area (Å²) in [5, 5.41) is 1.98. The van der Waals surface area contributed by atoms with Crippen LogP contribution in [0.25, 0.3) is 11.3 Å². The summed E-state index contributed by atoms with van der Waals surface area (Å²) in [6.45, 7) is 1.89. The number of nitrogens with zero attached hydrogens (tertiary/aromatic N) is 2. The van der Waals surface area contributed by atoms with E-state index in [4.69, 9.17) is 0 Å². The van der Waals surface area contributed by atoms with Gasteiger partial charge in [0.15, 0.2) is 0 Å². The fourth-order valence-electron chi connectivity index (χ4n) is 2.68. The van der Waals surface area contributed by atoms with Crippen LogP contribution in [-0.2, 0) is 0 Å². The zero-order valence-corrected chi connectivity index (χ0v) is 11.6. The van der Waals surface area contributed by atoms with Gasteiger partial charge in [0, 0.05) is 24.0 Å². The Hall–Kier alpha value is -1.42. The molecule has 1 fully saturated rings. The fraction of sp³-hybridized carbons (Fsp3) is 0.400. The van der Waals surface area contributed by atoms with Gasteiger partial charge in [-0.05, 0) is 18.9 Å². The SMILES string of the molecule is Fc1cccc(-c2cscn2)c1N1CCCCCC1. The smallest absolute Gasteiger partial charge is 0.147 e. The second kappa shape index (κ2) is 5.70. The number of aromatic nitrogens is 1. The van der Waals surface area contributed by atoms with Crippen LogP contribution in [0.4, 0.5) is 10.1 Å². The average molecular weight is 276 g/mol. The van der Waals surface area contributed by atoms with Crippen LogP contribution in [0.2, 0.25) is 0 Å². The van der Waals surface area contributed by atoms with Crippen molar-refractivity contribution in [1.29, 1.82) is 0 Å². The van der Waals surface area contributed by atoms with E-state index in [1.165, 1.54) is 12.8 Å². The Balaban J connectivity index is 2.03. The molecule has 0 spiro atoms. The van der Waals surface area contributed by atoms with Gasteiger partial charge in [0.25, 0.3) is 0 Å². The van der Waals surface area contributed by atoms with Crippen molar-refractivity contribution in [3.05, 3.63) is 34.9 Å². The molecule has 0 aliphatic carbocycles. The Morgan fingerprint density at radius 1 is 1.11 bits per heavy atom. The number of rotatable bonds is 2. The van der Waals surface area contributed by atoms with Crippen molar-refractivity contribution in [2.24, 2.45) is 0 Å². The largest absolute Gasteiger partial charge is 0.369 e. The van der Waals surface area contributed by atoms with Crippen molar-refractivity contribution in [2.45, 2.75) is 25.7 Å². The normalized spacial score (nSPS) is 16.4. The van der Waals surface area contributed by atoms with Crippen LogP contribution >= 0.6 is 11.3 Å². The number of anilines is 1. The molecule has 100 valence electrons. The highest BCUT2D eigenvalue weighted by Crippen LogP contribution is 2.34. The van der Waals surface area contributed by atoms with Crippen LogP contribution in [-0.4, -0.2) is 18.1 Å². The number of thiazole rings is 1. The highest BCUT2D eigenvalue weighted by atomic mass is 32.1. The summed E-state index contributed by atoms with van der Waals surface area (Å²) in [7, 11) is 0. The molecule has 2 aromatic rings. The van der Waals surface area contributed by atoms with E-state index in [1.807, 2.05) is 11.4 Å². The highest BCUT2D eigenvalue weighted by Gasteiger charge is 2.19. The minimum absolute atomic E-state index is 0.132. The molecule has 0 saturated carbocycles. The van der Waals surface area contributed by atoms with Crippen molar-refractivity contribution in [2.75, 3.05) is 18.0 Å². The van der Waals surface area contributed by atoms with E-state index in [9.17, 15) is 4.39 Å². The Labute approximate surface area is 116 Å². The van der Waals surface area contributed by atoms with Crippen molar-refractivity contribution in [1.82, 2.24) is 4.98 Å². The van der Waals surface area contributed by atoms with Crippen LogP contribution in [0.3, 0.4) is 0 Å². The Morgan fingerprint density at radius 2 is 1.89 bits per heavy atom. The van der Waals surface area contributed by atoms with Gasteiger partial charge in [-0.1, -0.05) is 25.0 Å². The number of hydrogen-bond donors (Lipinski definition) is 0. The van der Waals surface area contributed by atoms with Gasteiger partial charge < -0.3 is 4.90 Å². The first-order valence-corrected chi connectivity index (χ1v) is 7.72. The molecule has 0 bridgehead atoms. The van der Waals surface area contributed by atoms with Crippen LogP contribution < -0.4 is 4.90 Å². The fourth-order valence-corrected chi connectivity index (χ4v) is 3.24. The molecule has 0 unspecified atom stereocenters. The molecule has 0 N–H and O–H groups in total. The molecule has 0 atom stereocenters. The lowest BCUT2D eigenvalue weighted by molar-refractivity contribution is 0.617. The van der Waals surface area contributed by atoms with Crippen LogP contribution in [0.1, 0.15) is 25.7 Å². The van der Waals surface area contributed by atoms with Gasteiger partial charge in [-0.25, -0.2) is 9.37 Å². The lowest BCUT2D eigenvalue weighted by atomic mass is 10.1. The standard InChI is InChI=1S/C15H17FN2S/c16-13-7-5-6-12(14-10-19-11-17-14)15(13)18-8-3-1-2-4-9-18/h5-7,10-11H,1-4,8-9H2. The molecular weight excluding hydrogens is 259 g/mol. The molecule has 2 heterocycles. The van der Waals surface area contributed by atoms with Crippen LogP contribution in [0, 0.1) is 5.82 Å². The Morgan fingerprint density at radius 3 is 2.58 bits per heavy atom. The summed E-state index contributed by atoms with van der Waals surface area (Å²) < 4.78 is 14.3. The van der Waals surface area contributed by atoms with Crippen molar-refractivity contribution in [3.63, 3.8) is 0 Å². The molecule has 19 heavy (non-hydrogen) atoms. The summed E-state index contributed by atoms with van der Waals surface area (Å²) in [5.74, 6) is -0.132. The van der Waals surface area contributed by atoms with E-state index >= 15 is 0 Å². The predicted octanol–water partition coefficient (Wildman–Crippen LogP) is 4.33. The van der Waals surface area contributed by atoms with E-state index in [0.717, 1.165) is 42.9 Å². The van der Waals surface area contributed by atoms with E-state index < -0.39 is 0 Å². The molecular formula is C15H17FN2S. The molecule has 1 aromatic heterocycles. The van der Waals surface area contributed by atoms with Crippen LogP contribution in [0.5, 0.6) is 0 Å². The summed E-state index contributed by atoms with van der Waals surface area (Å²) in [6, 6.07) is 5.29. The maximum absolute atomic E-state index is 14.3. The molecule has 1 aliphatic rings. The first-order valence-electron chi connectivity index (χ1n) is 6.78. The number of para-hydroxylation sites is 1. The summed E-state index contributed by atoms with van der Waals surface area (Å²) in [6.07, 6.45) is 4.78. The second-order valence-corrected chi connectivity index (χ2v) is 5.63. The minimum atomic E-state index is -0.132. The summed E-state index contributed by atoms with van der Waals surface area (Å²) in [5.41, 5.74) is 4.33. The number of hydrogen-bond acceptors (Lipinski definition) is 3. The summed E-state index contributed by atoms with van der Waals surface area (Å²) in [4.78, 5) is 6.52. The van der Waals surface area contributed by atoms with Gasteiger partial charge >= 0.3 is 0 Å². The highest BCUT2D eigenvalue weighted by molar-refractivity contribution is 7.07. The molecule has 1 saturated heterocycles. The third-order valence-corrected chi connectivity index (χ3v) is 4.20. The summed E-state index contributed by atoms with van der Waals surface area (Å²) >= 11 is 1.55. The van der Waals surface area contributed by atoms with Crippen LogP contribution in [0.15, 0.2) is 29.1 Å². The maximum atomic E-state index is 14.3. The zero-order valence-electron chi connectivity index (χ0n) is 10.8. The Kier molecular flexibility index (Phi) is 3.78. The van der Waals surface area contributed by atoms with E-state index in [0.29, 0.717) is 0 Å². The van der Waals surface area contributed by atoms with Gasteiger partial charge in [0.1, 0.15) is 5.82 Å². The second-order valence-electron chi connectivity index (χ2n) is 4.91. The van der Waals surface area contributed by atoms with Crippen molar-refractivity contribution < 1.29 is 4.39 Å². The van der Waals surface area contributed by atoms with Crippen molar-refractivity contribution in [3.8, 4) is 11.3 Å². The molecule has 2 nitrogen and oxygen atoms in total. The van der Waals surface area contributed by atoms with E-state index in [1.54, 1.807) is 29.0 Å². The molecule has 0 amide bonds. The first kappa shape index (κ1) is 12.6. The van der Waals surface area contributed by atoms with Crippen molar-refractivity contribution >= 4 is 17.0 Å². The van der Waals surface area contributed by atoms with E-state index in [-0.39, 0.29) is 5.82 Å². The third-order valence-electron chi connectivity index (χ3n) is 3.62. The Bertz CT molecular complexity index is 531. The molecule has 0 radical (unpaired) electrons. The van der Waals surface area contributed by atoms with Gasteiger partial charge in [0.05, 0.1) is 16.9 Å². The lowest BCUT2D eigenvalue weighted by Gasteiger charge is -2.25. The maximum Gasteiger partial charge on any atom is 0.147 e. The predicted molar refractivity (Wildman–Crippen MR) is 78.2 cm³/mol. The number of benzene rings is 1. The lowest BCUT2D eigenvalue weighted by Crippen LogP contribution is -2.25. The third kappa shape index (κ3) is 2.63. The first-order chi connectivity index (χ1) is 9.36. The molecule has 1 aliphatic heterocycles. The monoisotopic (exact) mass is 276 g/mol. The average Bonchev–Trinajstić information content (AvgIpc) is 2.82. The zero-order chi connectivity index (χ0) is 13.1. The minimum Gasteiger partial charge on any atom is -0.369 e. The van der Waals surface area contributed by atoms with E-state index in [2.05, 4.69) is 9.88 Å². The van der Waals surface area contributed by atoms with Gasteiger partial charge in [-0.3, -0.25) is 0 Å². The molecule has 3 rings (SSSR count). The van der Waals surface area contributed by atoms with Gasteiger partial charge in [0.2, 0.25) is 0 Å². The molecule has 1 aromatic carbocycles. The molecule has 4 heteroatoms. The quantitative estimate of drug-likeness (QED) is 0.811. The topological polar surface area (TPSA) is 16.1 Å². The van der Waals surface area contributed by atoms with Gasteiger partial charge in [-0.15, -0.1) is 11.3 Å². The number of halogens is 1.